The van der Waals surface area contributed by atoms with E-state index in [-0.39, 0.29) is 16.7 Å². The van der Waals surface area contributed by atoms with Crippen molar-refractivity contribution in [1.82, 2.24) is 8.87 Å². The van der Waals surface area contributed by atoms with Crippen LogP contribution in [0.2, 0.25) is 0 Å². The van der Waals surface area contributed by atoms with E-state index in [2.05, 4.69) is 4.99 Å². The van der Waals surface area contributed by atoms with Crippen molar-refractivity contribution < 1.29 is 27.5 Å². The highest BCUT2D eigenvalue weighted by molar-refractivity contribution is 7.91. The molecule has 1 aliphatic heterocycles. The number of thiazole rings is 1. The minimum atomic E-state index is -3.62. The van der Waals surface area contributed by atoms with E-state index in [0.717, 1.165) is 10.2 Å². The molecule has 0 radical (unpaired) electrons. The van der Waals surface area contributed by atoms with Crippen LogP contribution in [0.5, 0.6) is 0 Å². The van der Waals surface area contributed by atoms with Crippen LogP contribution in [0.3, 0.4) is 0 Å². The zero-order valence-corrected chi connectivity index (χ0v) is 22.0. The topological polar surface area (TPSA) is 107 Å². The van der Waals surface area contributed by atoms with E-state index < -0.39 is 21.9 Å². The predicted molar refractivity (Wildman–Crippen MR) is 134 cm³/mol. The third kappa shape index (κ3) is 5.56. The van der Waals surface area contributed by atoms with Crippen molar-refractivity contribution in [3.05, 3.63) is 46.1 Å². The Labute approximate surface area is 211 Å². The van der Waals surface area contributed by atoms with Gasteiger partial charge < -0.3 is 14.0 Å². The number of sulfonamides is 1. The Hall–Kier alpha value is -2.38. The van der Waals surface area contributed by atoms with Gasteiger partial charge in [0.1, 0.15) is 4.21 Å². The number of esters is 1. The molecule has 1 aromatic carbocycles. The molecule has 1 saturated heterocycles. The summed E-state index contributed by atoms with van der Waals surface area (Å²) in [6.07, 6.45) is 1.17. The van der Waals surface area contributed by atoms with Crippen LogP contribution in [0.15, 0.2) is 44.9 Å². The van der Waals surface area contributed by atoms with Crippen LogP contribution in [-0.4, -0.2) is 62.6 Å². The van der Waals surface area contributed by atoms with Gasteiger partial charge in [-0.05, 0) is 49.4 Å². The van der Waals surface area contributed by atoms with Crippen molar-refractivity contribution >= 4 is 54.8 Å². The van der Waals surface area contributed by atoms with Crippen molar-refractivity contribution in [2.24, 2.45) is 10.9 Å². The van der Waals surface area contributed by atoms with Gasteiger partial charge in [0.15, 0.2) is 4.80 Å². The van der Waals surface area contributed by atoms with E-state index in [9.17, 15) is 18.0 Å². The van der Waals surface area contributed by atoms with Gasteiger partial charge in [0.25, 0.3) is 15.9 Å². The number of carbonyl (C=O) groups excluding carboxylic acids is 2. The quantitative estimate of drug-likeness (QED) is 0.323. The van der Waals surface area contributed by atoms with E-state index >= 15 is 0 Å². The number of benzene rings is 1. The smallest absolute Gasteiger partial charge is 0.337 e. The fourth-order valence-electron chi connectivity index (χ4n) is 4.00. The first kappa shape index (κ1) is 25.7. The summed E-state index contributed by atoms with van der Waals surface area (Å²) in [4.78, 5) is 30.1. The molecule has 0 aliphatic carbocycles. The summed E-state index contributed by atoms with van der Waals surface area (Å²) in [5, 5.41) is 1.73. The fraction of sp³-hybridized carbons (Fsp3) is 0.435. The second kappa shape index (κ2) is 11.1. The molecule has 3 aromatic rings. The molecule has 1 atom stereocenters. The lowest BCUT2D eigenvalue weighted by Gasteiger charge is -2.29. The number of aromatic nitrogens is 1. The number of nitrogens with zero attached hydrogens (tertiary/aromatic N) is 3. The SMILES string of the molecule is CCOCCn1c(=NC(=O)C2CCCN(S(=O)(=O)c3cccs3)C2)sc2cc(C(=O)OC)ccc21. The highest BCUT2D eigenvalue weighted by Gasteiger charge is 2.33. The normalized spacial score (nSPS) is 17.7. The van der Waals surface area contributed by atoms with E-state index in [4.69, 9.17) is 9.47 Å². The van der Waals surface area contributed by atoms with Crippen LogP contribution in [0.1, 0.15) is 30.1 Å². The van der Waals surface area contributed by atoms with Gasteiger partial charge in [0.05, 0.1) is 35.4 Å². The van der Waals surface area contributed by atoms with Gasteiger partial charge in [0, 0.05) is 26.2 Å². The van der Waals surface area contributed by atoms with E-state index in [0.29, 0.717) is 49.5 Å². The molecular formula is C23H27N3O6S3. The molecule has 2 aromatic heterocycles. The molecule has 188 valence electrons. The zero-order valence-electron chi connectivity index (χ0n) is 19.5. The van der Waals surface area contributed by atoms with Crippen molar-refractivity contribution in [1.29, 1.82) is 0 Å². The van der Waals surface area contributed by atoms with Crippen LogP contribution in [-0.2, 0) is 30.8 Å². The molecule has 1 fully saturated rings. The third-order valence-corrected chi connectivity index (χ3v) is 10.1. The maximum atomic E-state index is 13.2. The summed E-state index contributed by atoms with van der Waals surface area (Å²) < 4.78 is 40.6. The Kier molecular flexibility index (Phi) is 8.17. The lowest BCUT2D eigenvalue weighted by Crippen LogP contribution is -2.42. The predicted octanol–water partition coefficient (Wildman–Crippen LogP) is 3.12. The molecule has 35 heavy (non-hydrogen) atoms. The first-order chi connectivity index (χ1) is 16.8. The number of rotatable bonds is 8. The number of hydrogen-bond acceptors (Lipinski definition) is 8. The Morgan fingerprint density at radius 2 is 2.09 bits per heavy atom. The summed E-state index contributed by atoms with van der Waals surface area (Å²) >= 11 is 2.47. The highest BCUT2D eigenvalue weighted by Crippen LogP contribution is 2.27. The van der Waals surface area contributed by atoms with Crippen LogP contribution in [0, 0.1) is 5.92 Å². The Bertz CT molecular complexity index is 1380. The van der Waals surface area contributed by atoms with E-state index in [1.54, 1.807) is 29.6 Å². The van der Waals surface area contributed by atoms with E-state index in [1.165, 1.54) is 34.1 Å². The number of methoxy groups -OCH3 is 1. The van der Waals surface area contributed by atoms with Gasteiger partial charge in [-0.15, -0.1) is 11.3 Å². The molecular weight excluding hydrogens is 510 g/mol. The Morgan fingerprint density at radius 1 is 1.26 bits per heavy atom. The number of thiophene rings is 1. The molecule has 0 saturated carbocycles. The molecule has 4 rings (SSSR count). The molecule has 9 nitrogen and oxygen atoms in total. The average molecular weight is 538 g/mol. The molecule has 1 aliphatic rings. The average Bonchev–Trinajstić information content (AvgIpc) is 3.52. The summed E-state index contributed by atoms with van der Waals surface area (Å²) in [6.45, 7) is 3.90. The first-order valence-corrected chi connectivity index (χ1v) is 14.4. The van der Waals surface area contributed by atoms with Crippen molar-refractivity contribution in [3.8, 4) is 0 Å². The number of fused-ring (bicyclic) bond motifs is 1. The van der Waals surface area contributed by atoms with Crippen molar-refractivity contribution in [3.63, 3.8) is 0 Å². The van der Waals surface area contributed by atoms with Crippen LogP contribution < -0.4 is 4.80 Å². The Balaban J connectivity index is 1.65. The number of amides is 1. The minimum absolute atomic E-state index is 0.110. The maximum Gasteiger partial charge on any atom is 0.337 e. The third-order valence-electron chi connectivity index (χ3n) is 5.80. The molecule has 0 N–H and O–H groups in total. The molecule has 12 heteroatoms. The van der Waals surface area contributed by atoms with Gasteiger partial charge in [-0.25, -0.2) is 13.2 Å². The molecule has 0 bridgehead atoms. The van der Waals surface area contributed by atoms with Gasteiger partial charge in [-0.3, -0.25) is 4.79 Å². The van der Waals surface area contributed by atoms with Gasteiger partial charge >= 0.3 is 5.97 Å². The summed E-state index contributed by atoms with van der Waals surface area (Å²) in [5.41, 5.74) is 1.25. The molecule has 1 amide bonds. The number of ether oxygens (including phenoxy) is 2. The molecule has 3 heterocycles. The zero-order chi connectivity index (χ0) is 25.0. The van der Waals surface area contributed by atoms with Crippen LogP contribution in [0.4, 0.5) is 0 Å². The highest BCUT2D eigenvalue weighted by atomic mass is 32.2. The monoisotopic (exact) mass is 537 g/mol. The molecule has 0 spiro atoms. The van der Waals surface area contributed by atoms with Crippen molar-refractivity contribution in [2.75, 3.05) is 33.4 Å². The van der Waals surface area contributed by atoms with Crippen molar-refractivity contribution in [2.45, 2.75) is 30.5 Å². The van der Waals surface area contributed by atoms with E-state index in [1.807, 2.05) is 17.6 Å². The maximum absolute atomic E-state index is 13.2. The standard InChI is InChI=1S/C23H27N3O6S3/c1-3-32-12-11-26-18-9-8-16(22(28)31-2)14-19(18)34-23(26)24-21(27)17-6-4-10-25(15-17)35(29,30)20-7-5-13-33-20/h5,7-9,13-14,17H,3-4,6,10-12,15H2,1-2H3. The number of piperidine rings is 1. The van der Waals surface area contributed by atoms with Crippen LogP contribution in [0.25, 0.3) is 10.2 Å². The molecule has 1 unspecified atom stereocenters. The summed E-state index contributed by atoms with van der Waals surface area (Å²) in [5.74, 6) is -1.30. The summed E-state index contributed by atoms with van der Waals surface area (Å²) in [6, 6.07) is 8.49. The lowest BCUT2D eigenvalue weighted by molar-refractivity contribution is -0.122. The van der Waals surface area contributed by atoms with Gasteiger partial charge in [-0.2, -0.15) is 9.30 Å². The summed E-state index contributed by atoms with van der Waals surface area (Å²) in [7, 11) is -2.29. The second-order valence-electron chi connectivity index (χ2n) is 7.99. The van der Waals surface area contributed by atoms with Gasteiger partial charge in [0.2, 0.25) is 0 Å². The minimum Gasteiger partial charge on any atom is -0.465 e. The lowest BCUT2D eigenvalue weighted by atomic mass is 9.99. The number of hydrogen-bond donors (Lipinski definition) is 0. The fourth-order valence-corrected chi connectivity index (χ4v) is 7.77. The Morgan fingerprint density at radius 3 is 2.80 bits per heavy atom. The van der Waals surface area contributed by atoms with Crippen LogP contribution >= 0.6 is 22.7 Å². The second-order valence-corrected chi connectivity index (χ2v) is 12.1. The first-order valence-electron chi connectivity index (χ1n) is 11.3. The largest absolute Gasteiger partial charge is 0.465 e. The number of carbonyl (C=O) groups is 2. The van der Waals surface area contributed by atoms with Gasteiger partial charge in [-0.1, -0.05) is 17.4 Å².